The molecule has 0 saturated heterocycles. The van der Waals surface area contributed by atoms with Crippen LogP contribution < -0.4 is 0 Å². The summed E-state index contributed by atoms with van der Waals surface area (Å²) in [6, 6.07) is 0. The van der Waals surface area contributed by atoms with Crippen LogP contribution in [0.15, 0.2) is 4.99 Å². The molecule has 0 aromatic heterocycles. The Labute approximate surface area is 81.4 Å². The van der Waals surface area contributed by atoms with Crippen molar-refractivity contribution in [2.75, 3.05) is 7.05 Å². The molecule has 0 aliphatic carbocycles. The highest BCUT2D eigenvalue weighted by Gasteiger charge is 2.28. The summed E-state index contributed by atoms with van der Waals surface area (Å²) in [6.07, 6.45) is 5.17. The molecule has 0 amide bonds. The first kappa shape index (κ1) is 12.3. The maximum Gasteiger partial charge on any atom is 0.144 e. The topological polar surface area (TPSA) is 29.4 Å². The number of nitrogens with zero attached hydrogens (tertiary/aromatic N) is 1. The van der Waals surface area contributed by atoms with E-state index < -0.39 is 0 Å². The summed E-state index contributed by atoms with van der Waals surface area (Å²) < 4.78 is 0. The van der Waals surface area contributed by atoms with Crippen molar-refractivity contribution < 1.29 is 4.79 Å². The number of Topliss-reactive ketones (excluding diaryl/α,β-unsaturated/α-hetero) is 1. The highest BCUT2D eigenvalue weighted by molar-refractivity contribution is 5.95. The summed E-state index contributed by atoms with van der Waals surface area (Å²) in [4.78, 5) is 15.6. The number of hydrogen-bond acceptors (Lipinski definition) is 2. The molecule has 1 atom stereocenters. The number of carbonyl (C=O) groups excluding carboxylic acids is 1. The van der Waals surface area contributed by atoms with Crippen molar-refractivity contribution in [3.05, 3.63) is 0 Å². The second-order valence-corrected chi connectivity index (χ2v) is 3.73. The molecule has 0 fully saturated rings. The van der Waals surface area contributed by atoms with E-state index in [1.54, 1.807) is 13.3 Å². The van der Waals surface area contributed by atoms with Gasteiger partial charge in [-0.1, -0.05) is 27.2 Å². The summed E-state index contributed by atoms with van der Waals surface area (Å²) in [6.45, 7) is 6.26. The Balaban J connectivity index is 4.28. The monoisotopic (exact) mass is 183 g/mol. The van der Waals surface area contributed by atoms with E-state index in [0.29, 0.717) is 12.2 Å². The zero-order valence-electron chi connectivity index (χ0n) is 9.26. The first-order valence-electron chi connectivity index (χ1n) is 5.04. The zero-order valence-corrected chi connectivity index (χ0v) is 9.26. The molecule has 0 aromatic rings. The third-order valence-corrected chi connectivity index (χ3v) is 2.71. The first-order valence-corrected chi connectivity index (χ1v) is 5.04. The van der Waals surface area contributed by atoms with Crippen molar-refractivity contribution in [2.45, 2.75) is 46.5 Å². The fourth-order valence-corrected chi connectivity index (χ4v) is 1.49. The molecule has 0 bridgehead atoms. The van der Waals surface area contributed by atoms with Gasteiger partial charge in [-0.2, -0.15) is 0 Å². The Kier molecular flexibility index (Phi) is 5.60. The van der Waals surface area contributed by atoms with Gasteiger partial charge in [0.05, 0.1) is 0 Å². The lowest BCUT2D eigenvalue weighted by Gasteiger charge is -2.25. The van der Waals surface area contributed by atoms with Gasteiger partial charge in [-0.3, -0.25) is 4.79 Å². The van der Waals surface area contributed by atoms with Crippen LogP contribution in [0, 0.1) is 5.41 Å². The van der Waals surface area contributed by atoms with E-state index in [-0.39, 0.29) is 5.41 Å². The molecule has 2 nitrogen and oxygen atoms in total. The fraction of sp³-hybridized carbons (Fsp3) is 0.818. The second kappa shape index (κ2) is 5.90. The molecule has 0 aliphatic rings. The van der Waals surface area contributed by atoms with Gasteiger partial charge < -0.3 is 4.99 Å². The van der Waals surface area contributed by atoms with Crippen molar-refractivity contribution in [1.82, 2.24) is 0 Å². The summed E-state index contributed by atoms with van der Waals surface area (Å²) in [5.74, 6) is 0.322. The van der Waals surface area contributed by atoms with Crippen LogP contribution in [0.2, 0.25) is 0 Å². The molecule has 0 heterocycles. The van der Waals surface area contributed by atoms with Crippen molar-refractivity contribution in [3.8, 4) is 0 Å². The standard InChI is InChI=1S/C11H21NO/c1-5-8-11(3,6-2)10(13)7-9-12-4/h9H,5-8H2,1-4H3. The van der Waals surface area contributed by atoms with Gasteiger partial charge in [0.1, 0.15) is 5.78 Å². The SMILES string of the molecule is CCCC(C)(CC)C(=O)CC=NC. The fourth-order valence-electron chi connectivity index (χ4n) is 1.49. The van der Waals surface area contributed by atoms with Crippen LogP contribution in [0.1, 0.15) is 46.5 Å². The van der Waals surface area contributed by atoms with E-state index in [1.165, 1.54) is 0 Å². The van der Waals surface area contributed by atoms with E-state index in [0.717, 1.165) is 19.3 Å². The largest absolute Gasteiger partial charge is 0.300 e. The normalized spacial score (nSPS) is 16.0. The molecule has 2 heteroatoms. The third kappa shape index (κ3) is 3.71. The zero-order chi connectivity index (χ0) is 10.3. The molecule has 0 saturated carbocycles. The molecule has 1 unspecified atom stereocenters. The van der Waals surface area contributed by atoms with Crippen LogP contribution in [-0.4, -0.2) is 19.0 Å². The van der Waals surface area contributed by atoms with E-state index in [9.17, 15) is 4.79 Å². The van der Waals surface area contributed by atoms with Gasteiger partial charge >= 0.3 is 0 Å². The Bertz CT molecular complexity index is 187. The Morgan fingerprint density at radius 3 is 2.46 bits per heavy atom. The summed E-state index contributed by atoms with van der Waals surface area (Å²) in [7, 11) is 1.70. The lowest BCUT2D eigenvalue weighted by Crippen LogP contribution is -2.27. The van der Waals surface area contributed by atoms with Gasteiger partial charge in [0.25, 0.3) is 0 Å². The predicted molar refractivity (Wildman–Crippen MR) is 57.3 cm³/mol. The molecule has 0 aromatic carbocycles. The van der Waals surface area contributed by atoms with Gasteiger partial charge in [0.2, 0.25) is 0 Å². The molecular formula is C11H21NO. The molecular weight excluding hydrogens is 162 g/mol. The Morgan fingerprint density at radius 1 is 1.46 bits per heavy atom. The average Bonchev–Trinajstić information content (AvgIpc) is 2.14. The quantitative estimate of drug-likeness (QED) is 0.582. The van der Waals surface area contributed by atoms with Crippen molar-refractivity contribution >= 4 is 12.0 Å². The minimum absolute atomic E-state index is 0.129. The van der Waals surface area contributed by atoms with Gasteiger partial charge in [-0.15, -0.1) is 0 Å². The van der Waals surface area contributed by atoms with E-state index in [1.807, 2.05) is 0 Å². The van der Waals surface area contributed by atoms with Crippen molar-refractivity contribution in [1.29, 1.82) is 0 Å². The number of rotatable bonds is 6. The van der Waals surface area contributed by atoms with Crippen LogP contribution in [0.5, 0.6) is 0 Å². The average molecular weight is 183 g/mol. The minimum Gasteiger partial charge on any atom is -0.300 e. The predicted octanol–water partition coefficient (Wildman–Crippen LogP) is 2.86. The second-order valence-electron chi connectivity index (χ2n) is 3.73. The van der Waals surface area contributed by atoms with Gasteiger partial charge in [-0.25, -0.2) is 0 Å². The molecule has 0 rings (SSSR count). The number of carbonyl (C=O) groups is 1. The summed E-state index contributed by atoms with van der Waals surface area (Å²) >= 11 is 0. The number of aliphatic imine (C=N–C) groups is 1. The highest BCUT2D eigenvalue weighted by atomic mass is 16.1. The van der Waals surface area contributed by atoms with Gasteiger partial charge in [0, 0.05) is 25.1 Å². The molecule has 0 radical (unpaired) electrons. The lowest BCUT2D eigenvalue weighted by atomic mass is 9.78. The summed E-state index contributed by atoms with van der Waals surface area (Å²) in [5.41, 5.74) is -0.129. The van der Waals surface area contributed by atoms with E-state index in [4.69, 9.17) is 0 Å². The van der Waals surface area contributed by atoms with Crippen LogP contribution in [0.4, 0.5) is 0 Å². The van der Waals surface area contributed by atoms with E-state index in [2.05, 4.69) is 25.8 Å². The van der Waals surface area contributed by atoms with Crippen LogP contribution in [0.3, 0.4) is 0 Å². The Hall–Kier alpha value is -0.660. The molecule has 76 valence electrons. The third-order valence-electron chi connectivity index (χ3n) is 2.71. The number of ketones is 1. The van der Waals surface area contributed by atoms with Crippen molar-refractivity contribution in [2.24, 2.45) is 10.4 Å². The van der Waals surface area contributed by atoms with Crippen LogP contribution in [-0.2, 0) is 4.79 Å². The number of hydrogen-bond donors (Lipinski definition) is 0. The summed E-state index contributed by atoms with van der Waals surface area (Å²) in [5, 5.41) is 0. The highest BCUT2D eigenvalue weighted by Crippen LogP contribution is 2.29. The van der Waals surface area contributed by atoms with Crippen LogP contribution in [0.25, 0.3) is 0 Å². The molecule has 0 aliphatic heterocycles. The maximum atomic E-state index is 11.8. The Morgan fingerprint density at radius 2 is 2.08 bits per heavy atom. The van der Waals surface area contributed by atoms with Gasteiger partial charge in [0.15, 0.2) is 0 Å². The lowest BCUT2D eigenvalue weighted by molar-refractivity contribution is -0.127. The molecule has 0 N–H and O–H groups in total. The minimum atomic E-state index is -0.129. The van der Waals surface area contributed by atoms with Gasteiger partial charge in [-0.05, 0) is 12.8 Å². The van der Waals surface area contributed by atoms with E-state index >= 15 is 0 Å². The maximum absolute atomic E-state index is 11.8. The first-order chi connectivity index (χ1) is 6.10. The van der Waals surface area contributed by atoms with Crippen molar-refractivity contribution in [3.63, 3.8) is 0 Å². The van der Waals surface area contributed by atoms with Crippen LogP contribution >= 0.6 is 0 Å². The smallest absolute Gasteiger partial charge is 0.144 e. The molecule has 13 heavy (non-hydrogen) atoms. The molecule has 0 spiro atoms.